The van der Waals surface area contributed by atoms with Gasteiger partial charge in [0, 0.05) is 20.3 Å². The van der Waals surface area contributed by atoms with Crippen molar-refractivity contribution in [1.82, 2.24) is 9.97 Å². The maximum absolute atomic E-state index is 8.76. The average molecular weight is 191 g/mol. The van der Waals surface area contributed by atoms with Gasteiger partial charge in [0.1, 0.15) is 5.82 Å². The van der Waals surface area contributed by atoms with E-state index in [-0.39, 0.29) is 29.9 Å². The van der Waals surface area contributed by atoms with E-state index in [9.17, 15) is 0 Å². The summed E-state index contributed by atoms with van der Waals surface area (Å²) in [5.41, 5.74) is 0.154. The fourth-order valence-electron chi connectivity index (χ4n) is 0.710. The first-order valence-electron chi connectivity index (χ1n) is 3.46. The van der Waals surface area contributed by atoms with Gasteiger partial charge < -0.3 is 20.4 Å². The van der Waals surface area contributed by atoms with Crippen molar-refractivity contribution in [3.8, 4) is 0 Å². The van der Waals surface area contributed by atoms with Crippen LogP contribution in [0.15, 0.2) is 12.4 Å². The third-order valence-corrected chi connectivity index (χ3v) is 1.36. The fraction of sp³-hybridized carbons (Fsp3) is 0.333. The second-order valence-corrected chi connectivity index (χ2v) is 2.57. The molecule has 0 spiro atoms. The van der Waals surface area contributed by atoms with Crippen LogP contribution in [0, 0.1) is 0 Å². The van der Waals surface area contributed by atoms with E-state index in [1.807, 2.05) is 0 Å². The Morgan fingerprint density at radius 1 is 1.29 bits per heavy atom. The Morgan fingerprint density at radius 2 is 1.86 bits per heavy atom. The monoisotopic (exact) mass is 191 g/mol. The topological polar surface area (TPSA) is 99.5 Å². The molecule has 0 aromatic carbocycles. The van der Waals surface area contributed by atoms with E-state index in [0.717, 1.165) is 0 Å². The maximum atomic E-state index is 8.76. The Hall–Kier alpha value is -0.578. The predicted molar refractivity (Wildman–Crippen MR) is 48.1 cm³/mol. The minimum absolute atomic E-state index is 0. The van der Waals surface area contributed by atoms with Crippen molar-refractivity contribution in [3.63, 3.8) is 0 Å². The van der Waals surface area contributed by atoms with Crippen molar-refractivity contribution in [2.24, 2.45) is 0 Å². The van der Waals surface area contributed by atoms with Crippen molar-refractivity contribution in [2.45, 2.75) is 0 Å². The molecule has 0 saturated heterocycles. The van der Waals surface area contributed by atoms with Crippen LogP contribution in [0.1, 0.15) is 0 Å². The summed E-state index contributed by atoms with van der Waals surface area (Å²) in [5.74, 6) is 0.598. The molecule has 1 rings (SSSR count). The summed E-state index contributed by atoms with van der Waals surface area (Å²) in [4.78, 5) is 9.47. The van der Waals surface area contributed by atoms with Crippen LogP contribution < -0.4 is 29.4 Å². The van der Waals surface area contributed by atoms with Gasteiger partial charge in [0.25, 0.3) is 0 Å². The van der Waals surface area contributed by atoms with Gasteiger partial charge in [-0.25, -0.2) is 4.98 Å². The van der Waals surface area contributed by atoms with Crippen LogP contribution in [0.3, 0.4) is 0 Å². The third-order valence-electron chi connectivity index (χ3n) is 1.36. The van der Waals surface area contributed by atoms with Gasteiger partial charge >= 0.3 is 26.0 Å². The molecule has 0 radical (unpaired) electrons. The molecule has 0 amide bonds. The molecule has 0 atom stereocenters. The minimum atomic E-state index is -1.56. The summed E-state index contributed by atoms with van der Waals surface area (Å²) in [7, 11) is 2.05. The van der Waals surface area contributed by atoms with E-state index in [1.165, 1.54) is 6.20 Å². The van der Waals surface area contributed by atoms with E-state index < -0.39 is 7.12 Å². The van der Waals surface area contributed by atoms with Crippen LogP contribution in [0.5, 0.6) is 0 Å². The smallest absolute Gasteiger partial charge is 0.870 e. The first kappa shape index (κ1) is 15.9. The van der Waals surface area contributed by atoms with Gasteiger partial charge in [0.15, 0.2) is 0 Å². The fourth-order valence-corrected chi connectivity index (χ4v) is 0.710. The number of anilines is 1. The number of nitrogens with zero attached hydrogens (tertiary/aromatic N) is 3. The van der Waals surface area contributed by atoms with E-state index in [0.29, 0.717) is 5.82 Å². The largest absolute Gasteiger partial charge is 1.00 e. The van der Waals surface area contributed by atoms with E-state index >= 15 is 0 Å². The summed E-state index contributed by atoms with van der Waals surface area (Å²) in [6.45, 7) is 0. The molecular formula is C6H11BLiN3O3. The zero-order valence-corrected chi connectivity index (χ0v) is 8.42. The molecule has 0 saturated carbocycles. The molecular weight excluding hydrogens is 180 g/mol. The molecule has 72 valence electrons. The Morgan fingerprint density at radius 3 is 2.29 bits per heavy atom. The predicted octanol–water partition coefficient (Wildman–Crippen LogP) is -4.95. The molecule has 1 aromatic heterocycles. The molecule has 0 aliphatic carbocycles. The first-order valence-corrected chi connectivity index (χ1v) is 3.46. The van der Waals surface area contributed by atoms with Gasteiger partial charge in [0.05, 0.1) is 11.8 Å². The second-order valence-electron chi connectivity index (χ2n) is 2.57. The Labute approximate surface area is 94.6 Å². The van der Waals surface area contributed by atoms with Gasteiger partial charge in [-0.1, -0.05) is 0 Å². The van der Waals surface area contributed by atoms with Crippen molar-refractivity contribution in [3.05, 3.63) is 12.4 Å². The first-order chi connectivity index (χ1) is 5.61. The Balaban J connectivity index is 0. The summed E-state index contributed by atoms with van der Waals surface area (Å²) in [5, 5.41) is 17.5. The van der Waals surface area contributed by atoms with Gasteiger partial charge in [0.2, 0.25) is 0 Å². The quantitative estimate of drug-likeness (QED) is 0.454. The molecule has 0 unspecified atom stereocenters. The van der Waals surface area contributed by atoms with E-state index in [4.69, 9.17) is 10.0 Å². The number of rotatable bonds is 2. The molecule has 1 aromatic rings. The summed E-state index contributed by atoms with van der Waals surface area (Å²) in [6, 6.07) is 0. The van der Waals surface area contributed by atoms with Crippen LogP contribution in [-0.4, -0.2) is 46.7 Å². The Bertz CT molecular complexity index is 251. The standard InChI is InChI=1S/C6H10BN3O2.Li.H2O/c1-10(2)6-4-8-3-5(9-6)7(11)12;;/h3-4,11-12H,1-2H3;;1H2/q;+1;/p-1. The summed E-state index contributed by atoms with van der Waals surface area (Å²) in [6.07, 6.45) is 2.86. The summed E-state index contributed by atoms with van der Waals surface area (Å²) >= 11 is 0. The van der Waals surface area contributed by atoms with Crippen molar-refractivity contribution >= 4 is 18.5 Å². The van der Waals surface area contributed by atoms with Crippen molar-refractivity contribution < 1.29 is 34.4 Å². The van der Waals surface area contributed by atoms with Crippen LogP contribution in [0.25, 0.3) is 0 Å². The number of hydrogen-bond acceptors (Lipinski definition) is 6. The molecule has 0 aliphatic rings. The maximum Gasteiger partial charge on any atom is 1.00 e. The Kier molecular flexibility index (Phi) is 7.73. The number of hydrogen-bond donors (Lipinski definition) is 2. The zero-order chi connectivity index (χ0) is 9.14. The van der Waals surface area contributed by atoms with Crippen molar-refractivity contribution in [1.29, 1.82) is 0 Å². The van der Waals surface area contributed by atoms with Crippen LogP contribution in [0.4, 0.5) is 5.82 Å². The molecule has 0 bridgehead atoms. The molecule has 1 heterocycles. The average Bonchev–Trinajstić information content (AvgIpc) is 2.04. The van der Waals surface area contributed by atoms with Gasteiger partial charge in [-0.15, -0.1) is 0 Å². The van der Waals surface area contributed by atoms with Crippen molar-refractivity contribution in [2.75, 3.05) is 19.0 Å². The van der Waals surface area contributed by atoms with Crippen LogP contribution >= 0.6 is 0 Å². The van der Waals surface area contributed by atoms with Crippen LogP contribution in [-0.2, 0) is 0 Å². The molecule has 6 nitrogen and oxygen atoms in total. The second kappa shape index (κ2) is 6.81. The van der Waals surface area contributed by atoms with Gasteiger partial charge in [-0.3, -0.25) is 4.98 Å². The SMILES string of the molecule is CN(C)c1cncc(B(O)O)n1.[Li+].[OH-]. The van der Waals surface area contributed by atoms with E-state index in [1.54, 1.807) is 25.2 Å². The molecule has 14 heavy (non-hydrogen) atoms. The van der Waals surface area contributed by atoms with Gasteiger partial charge in [-0.2, -0.15) is 0 Å². The van der Waals surface area contributed by atoms with E-state index in [2.05, 4.69) is 9.97 Å². The molecule has 3 N–H and O–H groups in total. The normalized spacial score (nSPS) is 8.29. The minimum Gasteiger partial charge on any atom is -0.870 e. The van der Waals surface area contributed by atoms with Crippen LogP contribution in [0.2, 0.25) is 0 Å². The number of aromatic nitrogens is 2. The zero-order valence-electron chi connectivity index (χ0n) is 8.42. The molecule has 0 aliphatic heterocycles. The molecule has 0 fully saturated rings. The summed E-state index contributed by atoms with van der Waals surface area (Å²) < 4.78 is 0. The third kappa shape index (κ3) is 4.09. The van der Waals surface area contributed by atoms with Gasteiger partial charge in [-0.05, 0) is 0 Å². The molecule has 8 heteroatoms.